The van der Waals surface area contributed by atoms with Gasteiger partial charge in [0, 0.05) is 17.6 Å². The summed E-state index contributed by atoms with van der Waals surface area (Å²) in [5.74, 6) is 0.552. The summed E-state index contributed by atoms with van der Waals surface area (Å²) in [7, 11) is -2.09. The lowest BCUT2D eigenvalue weighted by molar-refractivity contribution is 0.411. The molecule has 1 aliphatic heterocycles. The first-order valence-electron chi connectivity index (χ1n) is 7.61. The van der Waals surface area contributed by atoms with Crippen LogP contribution in [0.3, 0.4) is 0 Å². The van der Waals surface area contributed by atoms with E-state index in [9.17, 15) is 8.42 Å². The lowest BCUT2D eigenvalue weighted by Gasteiger charge is -2.23. The molecule has 0 saturated carbocycles. The Hall–Kier alpha value is -1.61. The molecule has 0 aliphatic carbocycles. The normalized spacial score (nSPS) is 18.5. The van der Waals surface area contributed by atoms with Gasteiger partial charge in [-0.25, -0.2) is 17.8 Å². The van der Waals surface area contributed by atoms with Crippen LogP contribution in [0.1, 0.15) is 12.8 Å². The minimum Gasteiger partial charge on any atom is -0.494 e. The van der Waals surface area contributed by atoms with E-state index in [1.165, 1.54) is 24.2 Å². The molecular formula is C15H19ClN4O3S. The van der Waals surface area contributed by atoms with Crippen LogP contribution in [0.15, 0.2) is 35.5 Å². The number of nitrogens with zero attached hydrogens (tertiary/aromatic N) is 2. The lowest BCUT2D eigenvalue weighted by atomic mass is 10.1. The van der Waals surface area contributed by atoms with Gasteiger partial charge in [0.15, 0.2) is 0 Å². The maximum atomic E-state index is 12.5. The van der Waals surface area contributed by atoms with Gasteiger partial charge in [0.05, 0.1) is 19.5 Å². The van der Waals surface area contributed by atoms with E-state index in [0.29, 0.717) is 23.0 Å². The minimum absolute atomic E-state index is 0.104. The molecule has 2 N–H and O–H groups in total. The van der Waals surface area contributed by atoms with Crippen LogP contribution in [-0.2, 0) is 10.0 Å². The van der Waals surface area contributed by atoms with Crippen LogP contribution >= 0.6 is 11.6 Å². The zero-order valence-electron chi connectivity index (χ0n) is 13.2. The van der Waals surface area contributed by atoms with Crippen molar-refractivity contribution in [1.82, 2.24) is 19.8 Å². The van der Waals surface area contributed by atoms with Crippen molar-refractivity contribution in [2.75, 3.05) is 20.2 Å². The first-order valence-corrected chi connectivity index (χ1v) is 9.47. The summed E-state index contributed by atoms with van der Waals surface area (Å²) in [6, 6.07) is 4.97. The molecule has 0 bridgehead atoms. The fourth-order valence-corrected chi connectivity index (χ4v) is 4.03. The van der Waals surface area contributed by atoms with Gasteiger partial charge in [-0.3, -0.25) is 0 Å². The number of ether oxygens (including phenoxy) is 1. The number of benzene rings is 1. The Labute approximate surface area is 146 Å². The van der Waals surface area contributed by atoms with Gasteiger partial charge in [-0.2, -0.15) is 5.10 Å². The summed E-state index contributed by atoms with van der Waals surface area (Å²) < 4.78 is 34.5. The van der Waals surface area contributed by atoms with Crippen molar-refractivity contribution in [2.45, 2.75) is 23.8 Å². The highest BCUT2D eigenvalue weighted by Gasteiger charge is 2.23. The topological polar surface area (TPSA) is 85.2 Å². The molecule has 0 spiro atoms. The highest BCUT2D eigenvalue weighted by Crippen LogP contribution is 2.26. The van der Waals surface area contributed by atoms with Crippen LogP contribution < -0.4 is 14.8 Å². The second kappa shape index (κ2) is 7.10. The molecular weight excluding hydrogens is 352 g/mol. The zero-order valence-corrected chi connectivity index (χ0v) is 14.8. The SMILES string of the molecule is COc1ccc(Cl)cc1-n1cc(S(=O)(=O)NC2CCCNC2)cn1. The van der Waals surface area contributed by atoms with E-state index in [4.69, 9.17) is 16.3 Å². The summed E-state index contributed by atoms with van der Waals surface area (Å²) in [6.07, 6.45) is 4.54. The van der Waals surface area contributed by atoms with Crippen LogP contribution in [0.5, 0.6) is 5.75 Å². The van der Waals surface area contributed by atoms with Gasteiger partial charge < -0.3 is 10.1 Å². The number of halogens is 1. The highest BCUT2D eigenvalue weighted by molar-refractivity contribution is 7.89. The smallest absolute Gasteiger partial charge is 0.244 e. The van der Waals surface area contributed by atoms with E-state index >= 15 is 0 Å². The quantitative estimate of drug-likeness (QED) is 0.834. The van der Waals surface area contributed by atoms with Crippen LogP contribution in [0.25, 0.3) is 5.69 Å². The summed E-state index contributed by atoms with van der Waals surface area (Å²) in [5.41, 5.74) is 0.575. The molecule has 130 valence electrons. The largest absolute Gasteiger partial charge is 0.494 e. The predicted octanol–water partition coefficient (Wildman–Crippen LogP) is 1.56. The molecule has 3 rings (SSSR count). The Morgan fingerprint density at radius 3 is 3.00 bits per heavy atom. The van der Waals surface area contributed by atoms with Crippen molar-refractivity contribution in [3.63, 3.8) is 0 Å². The number of sulfonamides is 1. The second-order valence-corrected chi connectivity index (χ2v) is 7.75. The van der Waals surface area contributed by atoms with Crippen LogP contribution in [0.4, 0.5) is 0 Å². The summed E-state index contributed by atoms with van der Waals surface area (Å²) in [6.45, 7) is 1.56. The van der Waals surface area contributed by atoms with Gasteiger partial charge >= 0.3 is 0 Å². The molecule has 24 heavy (non-hydrogen) atoms. The number of aromatic nitrogens is 2. The average Bonchev–Trinajstić information content (AvgIpc) is 3.06. The molecule has 2 heterocycles. The fraction of sp³-hybridized carbons (Fsp3) is 0.400. The lowest BCUT2D eigenvalue weighted by Crippen LogP contribution is -2.45. The van der Waals surface area contributed by atoms with E-state index in [1.54, 1.807) is 18.2 Å². The first-order chi connectivity index (χ1) is 11.5. The van der Waals surface area contributed by atoms with Crippen LogP contribution in [-0.4, -0.2) is 44.4 Å². The van der Waals surface area contributed by atoms with E-state index < -0.39 is 10.0 Å². The molecule has 1 aliphatic rings. The number of rotatable bonds is 5. The number of hydrogen-bond donors (Lipinski definition) is 2. The molecule has 2 aromatic rings. The second-order valence-electron chi connectivity index (χ2n) is 5.60. The minimum atomic E-state index is -3.62. The monoisotopic (exact) mass is 370 g/mol. The van der Waals surface area contributed by atoms with Gasteiger partial charge in [-0.1, -0.05) is 11.6 Å². The molecule has 1 aromatic heterocycles. The van der Waals surface area contributed by atoms with Gasteiger partial charge in [0.1, 0.15) is 16.3 Å². The van der Waals surface area contributed by atoms with Gasteiger partial charge in [0.2, 0.25) is 10.0 Å². The maximum absolute atomic E-state index is 12.5. The van der Waals surface area contributed by atoms with Crippen molar-refractivity contribution in [1.29, 1.82) is 0 Å². The van der Waals surface area contributed by atoms with Crippen molar-refractivity contribution in [3.8, 4) is 11.4 Å². The van der Waals surface area contributed by atoms with Gasteiger partial charge in [-0.05, 0) is 37.6 Å². The molecule has 9 heteroatoms. The number of methoxy groups -OCH3 is 1. The molecule has 1 saturated heterocycles. The average molecular weight is 371 g/mol. The van der Waals surface area contributed by atoms with E-state index in [-0.39, 0.29) is 10.9 Å². The highest BCUT2D eigenvalue weighted by atomic mass is 35.5. The van der Waals surface area contributed by atoms with Crippen LogP contribution in [0, 0.1) is 0 Å². The Kier molecular flexibility index (Phi) is 5.09. The standard InChI is InChI=1S/C15H19ClN4O3S/c1-23-15-5-4-11(16)7-14(15)20-10-13(9-18-20)24(21,22)19-12-3-2-6-17-8-12/h4-5,7,9-10,12,17,19H,2-3,6,8H2,1H3. The fourth-order valence-electron chi connectivity index (χ4n) is 2.66. The summed E-state index contributed by atoms with van der Waals surface area (Å²) in [5, 5.41) is 7.83. The van der Waals surface area contributed by atoms with E-state index in [1.807, 2.05) is 0 Å². The molecule has 0 radical (unpaired) electrons. The Morgan fingerprint density at radius 2 is 2.29 bits per heavy atom. The Balaban J connectivity index is 1.86. The summed E-state index contributed by atoms with van der Waals surface area (Å²) in [4.78, 5) is 0.107. The van der Waals surface area contributed by atoms with Gasteiger partial charge in [0.25, 0.3) is 0 Å². The zero-order chi connectivity index (χ0) is 17.2. The Morgan fingerprint density at radius 1 is 1.46 bits per heavy atom. The third-order valence-corrected chi connectivity index (χ3v) is 5.59. The van der Waals surface area contributed by atoms with Crippen LogP contribution in [0.2, 0.25) is 5.02 Å². The van der Waals surface area contributed by atoms with E-state index in [2.05, 4.69) is 15.1 Å². The molecule has 1 fully saturated rings. The van der Waals surface area contributed by atoms with Crippen molar-refractivity contribution in [2.24, 2.45) is 0 Å². The molecule has 1 unspecified atom stereocenters. The van der Waals surface area contributed by atoms with E-state index in [0.717, 1.165) is 19.4 Å². The van der Waals surface area contributed by atoms with Crippen molar-refractivity contribution >= 4 is 21.6 Å². The third-order valence-electron chi connectivity index (χ3n) is 3.88. The number of piperidine rings is 1. The van der Waals surface area contributed by atoms with Gasteiger partial charge in [-0.15, -0.1) is 0 Å². The molecule has 1 aromatic carbocycles. The first kappa shape index (κ1) is 17.2. The maximum Gasteiger partial charge on any atom is 0.244 e. The van der Waals surface area contributed by atoms with Crippen molar-refractivity contribution < 1.29 is 13.2 Å². The number of hydrogen-bond acceptors (Lipinski definition) is 5. The molecule has 7 nitrogen and oxygen atoms in total. The van der Waals surface area contributed by atoms with Crippen molar-refractivity contribution in [3.05, 3.63) is 35.6 Å². The Bertz CT molecular complexity index is 816. The predicted molar refractivity (Wildman–Crippen MR) is 91.3 cm³/mol. The number of nitrogens with one attached hydrogen (secondary N) is 2. The molecule has 0 amide bonds. The third kappa shape index (κ3) is 3.72. The molecule has 1 atom stereocenters. The summed E-state index contributed by atoms with van der Waals surface area (Å²) >= 11 is 6.02.